The maximum Gasteiger partial charge on any atom is 0.159 e. The van der Waals surface area contributed by atoms with Crippen molar-refractivity contribution in [2.75, 3.05) is 0 Å². The van der Waals surface area contributed by atoms with Crippen LogP contribution in [0.2, 0.25) is 0 Å². The first-order valence-electron chi connectivity index (χ1n) is 6.44. The molecule has 0 heterocycles. The van der Waals surface area contributed by atoms with Gasteiger partial charge < -0.3 is 4.74 Å². The lowest BCUT2D eigenvalue weighted by Crippen LogP contribution is -2.28. The lowest BCUT2D eigenvalue weighted by atomic mass is 9.88. The Hall–Kier alpha value is -1.31. The number of ether oxygens (including phenoxy) is 1. The van der Waals surface area contributed by atoms with E-state index in [1.807, 2.05) is 24.3 Å². The summed E-state index contributed by atoms with van der Waals surface area (Å²) in [7, 11) is 0. The number of hydrogen-bond acceptors (Lipinski definition) is 2. The van der Waals surface area contributed by atoms with E-state index < -0.39 is 0 Å². The molecule has 0 radical (unpaired) electrons. The molecule has 1 fully saturated rings. The Bertz CT molecular complexity index is 398. The molecule has 1 aliphatic carbocycles. The quantitative estimate of drug-likeness (QED) is 0.740. The fourth-order valence-electron chi connectivity index (χ4n) is 2.42. The molecule has 0 aliphatic heterocycles. The summed E-state index contributed by atoms with van der Waals surface area (Å²) in [5.41, 5.74) is 0.728. The average Bonchev–Trinajstić information content (AvgIpc) is 2.32. The fourth-order valence-corrected chi connectivity index (χ4v) is 2.42. The standard InChI is InChI=1S/C15H20O2/c1-11-6-3-4-9-15(11)17-14-8-5-7-13(10-14)12(2)16/h5,7-8,10-11,15H,3-4,6,9H2,1-2H3. The van der Waals surface area contributed by atoms with Gasteiger partial charge in [-0.05, 0) is 44.2 Å². The summed E-state index contributed by atoms with van der Waals surface area (Å²) >= 11 is 0. The number of carbonyl (C=O) groups is 1. The van der Waals surface area contributed by atoms with Crippen molar-refractivity contribution in [2.45, 2.75) is 45.6 Å². The van der Waals surface area contributed by atoms with Crippen LogP contribution in [0.5, 0.6) is 5.75 Å². The smallest absolute Gasteiger partial charge is 0.159 e. The van der Waals surface area contributed by atoms with Gasteiger partial charge in [-0.25, -0.2) is 0 Å². The molecule has 0 spiro atoms. The molecule has 92 valence electrons. The molecule has 1 aliphatic rings. The second-order valence-electron chi connectivity index (χ2n) is 5.00. The molecular formula is C15H20O2. The van der Waals surface area contributed by atoms with Gasteiger partial charge in [0.05, 0.1) is 0 Å². The van der Waals surface area contributed by atoms with Crippen molar-refractivity contribution in [3.05, 3.63) is 29.8 Å². The van der Waals surface area contributed by atoms with Crippen LogP contribution in [0.4, 0.5) is 0 Å². The van der Waals surface area contributed by atoms with E-state index in [-0.39, 0.29) is 5.78 Å². The zero-order chi connectivity index (χ0) is 12.3. The second kappa shape index (κ2) is 5.35. The number of ketones is 1. The Kier molecular flexibility index (Phi) is 3.82. The van der Waals surface area contributed by atoms with Gasteiger partial charge in [-0.15, -0.1) is 0 Å². The van der Waals surface area contributed by atoms with Crippen LogP contribution in [-0.4, -0.2) is 11.9 Å². The summed E-state index contributed by atoms with van der Waals surface area (Å²) in [6, 6.07) is 7.51. The third-order valence-electron chi connectivity index (χ3n) is 3.56. The second-order valence-corrected chi connectivity index (χ2v) is 5.00. The van der Waals surface area contributed by atoms with Gasteiger partial charge in [0, 0.05) is 5.56 Å². The largest absolute Gasteiger partial charge is 0.490 e. The van der Waals surface area contributed by atoms with Crippen LogP contribution >= 0.6 is 0 Å². The van der Waals surface area contributed by atoms with Crippen molar-refractivity contribution in [1.82, 2.24) is 0 Å². The van der Waals surface area contributed by atoms with Crippen molar-refractivity contribution in [3.63, 3.8) is 0 Å². The van der Waals surface area contributed by atoms with Gasteiger partial charge in [0.25, 0.3) is 0 Å². The van der Waals surface area contributed by atoms with Crippen molar-refractivity contribution in [1.29, 1.82) is 0 Å². The van der Waals surface area contributed by atoms with Gasteiger partial charge >= 0.3 is 0 Å². The maximum atomic E-state index is 11.3. The molecule has 0 N–H and O–H groups in total. The third-order valence-corrected chi connectivity index (χ3v) is 3.56. The van der Waals surface area contributed by atoms with Gasteiger partial charge in [-0.2, -0.15) is 0 Å². The van der Waals surface area contributed by atoms with E-state index in [9.17, 15) is 4.79 Å². The fraction of sp³-hybridized carbons (Fsp3) is 0.533. The molecule has 0 bridgehead atoms. The summed E-state index contributed by atoms with van der Waals surface area (Å²) in [6.45, 7) is 3.83. The van der Waals surface area contributed by atoms with Crippen LogP contribution in [0.15, 0.2) is 24.3 Å². The molecule has 1 aromatic rings. The van der Waals surface area contributed by atoms with Crippen molar-refractivity contribution < 1.29 is 9.53 Å². The van der Waals surface area contributed by atoms with Crippen LogP contribution in [0.1, 0.15) is 49.9 Å². The maximum absolute atomic E-state index is 11.3. The zero-order valence-electron chi connectivity index (χ0n) is 10.6. The number of hydrogen-bond donors (Lipinski definition) is 0. The topological polar surface area (TPSA) is 26.3 Å². The van der Waals surface area contributed by atoms with Gasteiger partial charge in [-0.3, -0.25) is 4.79 Å². The summed E-state index contributed by atoms with van der Waals surface area (Å²) in [4.78, 5) is 11.3. The van der Waals surface area contributed by atoms with Crippen LogP contribution in [0, 0.1) is 5.92 Å². The van der Waals surface area contributed by atoms with E-state index in [4.69, 9.17) is 4.74 Å². The number of rotatable bonds is 3. The SMILES string of the molecule is CC(=O)c1cccc(OC2CCCCC2C)c1. The van der Waals surface area contributed by atoms with E-state index >= 15 is 0 Å². The Morgan fingerprint density at radius 2 is 2.06 bits per heavy atom. The van der Waals surface area contributed by atoms with E-state index in [2.05, 4.69) is 6.92 Å². The van der Waals surface area contributed by atoms with Crippen LogP contribution < -0.4 is 4.74 Å². The Morgan fingerprint density at radius 1 is 1.29 bits per heavy atom. The zero-order valence-corrected chi connectivity index (χ0v) is 10.6. The molecule has 1 saturated carbocycles. The predicted molar refractivity (Wildman–Crippen MR) is 68.5 cm³/mol. The van der Waals surface area contributed by atoms with Crippen molar-refractivity contribution in [2.24, 2.45) is 5.92 Å². The Balaban J connectivity index is 2.07. The summed E-state index contributed by atoms with van der Waals surface area (Å²) in [5.74, 6) is 1.54. The molecular weight excluding hydrogens is 212 g/mol. The van der Waals surface area contributed by atoms with E-state index in [0.717, 1.165) is 17.7 Å². The van der Waals surface area contributed by atoms with Crippen LogP contribution in [-0.2, 0) is 0 Å². The average molecular weight is 232 g/mol. The Morgan fingerprint density at radius 3 is 2.76 bits per heavy atom. The van der Waals surface area contributed by atoms with E-state index in [0.29, 0.717) is 12.0 Å². The highest BCUT2D eigenvalue weighted by atomic mass is 16.5. The highest BCUT2D eigenvalue weighted by Gasteiger charge is 2.22. The van der Waals surface area contributed by atoms with Crippen LogP contribution in [0.3, 0.4) is 0 Å². The molecule has 0 amide bonds. The lowest BCUT2D eigenvalue weighted by molar-refractivity contribution is 0.0993. The molecule has 2 rings (SSSR count). The van der Waals surface area contributed by atoms with Crippen LogP contribution in [0.25, 0.3) is 0 Å². The van der Waals surface area contributed by atoms with Gasteiger partial charge in [0.1, 0.15) is 11.9 Å². The minimum atomic E-state index is 0.0899. The molecule has 2 unspecified atom stereocenters. The Labute approximate surface area is 103 Å². The lowest BCUT2D eigenvalue weighted by Gasteiger charge is -2.29. The molecule has 1 aromatic carbocycles. The molecule has 2 nitrogen and oxygen atoms in total. The van der Waals surface area contributed by atoms with E-state index in [1.165, 1.54) is 19.3 Å². The first kappa shape index (κ1) is 12.2. The molecule has 2 atom stereocenters. The van der Waals surface area contributed by atoms with E-state index in [1.54, 1.807) is 6.92 Å². The van der Waals surface area contributed by atoms with Gasteiger partial charge in [0.2, 0.25) is 0 Å². The normalized spacial score (nSPS) is 24.4. The first-order chi connectivity index (χ1) is 8.16. The third kappa shape index (κ3) is 3.09. The highest BCUT2D eigenvalue weighted by Crippen LogP contribution is 2.28. The predicted octanol–water partition coefficient (Wildman–Crippen LogP) is 3.85. The summed E-state index contributed by atoms with van der Waals surface area (Å²) in [6.07, 6.45) is 5.25. The summed E-state index contributed by atoms with van der Waals surface area (Å²) < 4.78 is 6.01. The molecule has 2 heteroatoms. The van der Waals surface area contributed by atoms with Gasteiger partial charge in [0.15, 0.2) is 5.78 Å². The van der Waals surface area contributed by atoms with Crippen molar-refractivity contribution in [3.8, 4) is 5.75 Å². The minimum Gasteiger partial charge on any atom is -0.490 e. The summed E-state index contributed by atoms with van der Waals surface area (Å²) in [5, 5.41) is 0. The number of carbonyl (C=O) groups excluding carboxylic acids is 1. The monoisotopic (exact) mass is 232 g/mol. The number of Topliss-reactive ketones (excluding diaryl/α,β-unsaturated/α-hetero) is 1. The minimum absolute atomic E-state index is 0.0899. The molecule has 0 saturated heterocycles. The van der Waals surface area contributed by atoms with Crippen molar-refractivity contribution >= 4 is 5.78 Å². The molecule has 17 heavy (non-hydrogen) atoms. The highest BCUT2D eigenvalue weighted by molar-refractivity contribution is 5.94. The first-order valence-corrected chi connectivity index (χ1v) is 6.44. The molecule has 0 aromatic heterocycles. The van der Waals surface area contributed by atoms with Gasteiger partial charge in [-0.1, -0.05) is 25.5 Å². The number of benzene rings is 1.